The molecule has 0 bridgehead atoms. The molecule has 0 amide bonds. The van der Waals surface area contributed by atoms with Crippen molar-refractivity contribution in [2.24, 2.45) is 0 Å². The number of hydrogen-bond donors (Lipinski definition) is 1. The van der Waals surface area contributed by atoms with Crippen molar-refractivity contribution >= 4 is 28.9 Å². The maximum atomic E-state index is 11.3. The fraction of sp³-hybridized carbons (Fsp3) is 0.214. The molecule has 2 aromatic rings. The molecule has 1 aromatic carbocycles. The number of aromatic amines is 1. The zero-order valence-corrected chi connectivity index (χ0v) is 11.6. The molecule has 5 heteroatoms. The van der Waals surface area contributed by atoms with Gasteiger partial charge in [0.25, 0.3) is 0 Å². The predicted molar refractivity (Wildman–Crippen MR) is 78.3 cm³/mol. The fourth-order valence-electron chi connectivity index (χ4n) is 2.37. The first-order valence-electron chi connectivity index (χ1n) is 6.04. The van der Waals surface area contributed by atoms with Gasteiger partial charge in [0.05, 0.1) is 10.0 Å². The van der Waals surface area contributed by atoms with Crippen molar-refractivity contribution in [3.05, 3.63) is 62.0 Å². The Morgan fingerprint density at radius 2 is 1.95 bits per heavy atom. The minimum absolute atomic E-state index is 0.0401. The Hall–Kier alpha value is -1.45. The van der Waals surface area contributed by atoms with Gasteiger partial charge >= 0.3 is 0 Å². The van der Waals surface area contributed by atoms with Crippen LogP contribution in [0.4, 0.5) is 5.69 Å². The second kappa shape index (κ2) is 4.91. The van der Waals surface area contributed by atoms with Gasteiger partial charge in [0.1, 0.15) is 0 Å². The third kappa shape index (κ3) is 2.48. The van der Waals surface area contributed by atoms with E-state index in [1.807, 2.05) is 18.2 Å². The molecule has 0 radical (unpaired) electrons. The Labute approximate surface area is 120 Å². The molecule has 98 valence electrons. The molecule has 1 aliphatic heterocycles. The standard InChI is InChI=1S/C14H12Cl2N2O/c15-12-2-1-11(6-13(12)16)18-4-3-9-5-14(19)17-7-10(9)8-18/h1-2,5-7H,3-4,8H2,(H,17,19). The molecular weight excluding hydrogens is 283 g/mol. The maximum Gasteiger partial charge on any atom is 0.248 e. The number of halogens is 2. The zero-order valence-electron chi connectivity index (χ0n) is 10.1. The largest absolute Gasteiger partial charge is 0.367 e. The van der Waals surface area contributed by atoms with Gasteiger partial charge in [-0.1, -0.05) is 23.2 Å². The summed E-state index contributed by atoms with van der Waals surface area (Å²) in [5, 5.41) is 1.12. The van der Waals surface area contributed by atoms with Gasteiger partial charge in [0.2, 0.25) is 5.56 Å². The molecular formula is C14H12Cl2N2O. The van der Waals surface area contributed by atoms with Crippen molar-refractivity contribution in [3.63, 3.8) is 0 Å². The fourth-order valence-corrected chi connectivity index (χ4v) is 2.66. The van der Waals surface area contributed by atoms with E-state index in [-0.39, 0.29) is 5.56 Å². The average molecular weight is 295 g/mol. The number of fused-ring (bicyclic) bond motifs is 1. The highest BCUT2D eigenvalue weighted by Crippen LogP contribution is 2.29. The second-order valence-electron chi connectivity index (χ2n) is 4.62. The summed E-state index contributed by atoms with van der Waals surface area (Å²) < 4.78 is 0. The molecule has 0 atom stereocenters. The van der Waals surface area contributed by atoms with Crippen molar-refractivity contribution in [1.29, 1.82) is 0 Å². The monoisotopic (exact) mass is 294 g/mol. The molecule has 0 saturated carbocycles. The normalized spacial score (nSPS) is 14.3. The van der Waals surface area contributed by atoms with Crippen molar-refractivity contribution in [2.75, 3.05) is 11.4 Å². The third-order valence-corrected chi connectivity index (χ3v) is 4.13. The first kappa shape index (κ1) is 12.6. The van der Waals surface area contributed by atoms with Gasteiger partial charge in [-0.05, 0) is 35.7 Å². The Morgan fingerprint density at radius 3 is 2.74 bits per heavy atom. The van der Waals surface area contributed by atoms with Gasteiger partial charge in [0.15, 0.2) is 0 Å². The first-order valence-corrected chi connectivity index (χ1v) is 6.79. The van der Waals surface area contributed by atoms with Crippen molar-refractivity contribution < 1.29 is 0 Å². The molecule has 3 nitrogen and oxygen atoms in total. The lowest BCUT2D eigenvalue weighted by atomic mass is 10.0. The molecule has 0 fully saturated rings. The molecule has 1 N–H and O–H groups in total. The van der Waals surface area contributed by atoms with Crippen LogP contribution >= 0.6 is 23.2 Å². The van der Waals surface area contributed by atoms with Crippen LogP contribution in [0, 0.1) is 0 Å². The van der Waals surface area contributed by atoms with E-state index in [0.717, 1.165) is 36.3 Å². The number of benzene rings is 1. The Kier molecular flexibility index (Phi) is 3.25. The SMILES string of the molecule is O=c1cc2c(c[nH]1)CN(c1ccc(Cl)c(Cl)c1)CC2. The minimum Gasteiger partial charge on any atom is -0.367 e. The molecule has 1 aliphatic rings. The van der Waals surface area contributed by atoms with Crippen LogP contribution in [0.3, 0.4) is 0 Å². The van der Waals surface area contributed by atoms with Gasteiger partial charge in [-0.3, -0.25) is 4.79 Å². The Balaban J connectivity index is 1.91. The van der Waals surface area contributed by atoms with E-state index in [1.54, 1.807) is 12.3 Å². The summed E-state index contributed by atoms with van der Waals surface area (Å²) in [4.78, 5) is 16.2. The first-order chi connectivity index (χ1) is 9.13. The lowest BCUT2D eigenvalue weighted by molar-refractivity contribution is 0.725. The lowest BCUT2D eigenvalue weighted by Gasteiger charge is -2.30. The van der Waals surface area contributed by atoms with Crippen LogP contribution in [0.15, 0.2) is 35.3 Å². The zero-order chi connectivity index (χ0) is 13.4. The van der Waals surface area contributed by atoms with Crippen LogP contribution in [0.5, 0.6) is 0 Å². The number of nitrogens with zero attached hydrogens (tertiary/aromatic N) is 1. The number of rotatable bonds is 1. The van der Waals surface area contributed by atoms with E-state index < -0.39 is 0 Å². The van der Waals surface area contributed by atoms with E-state index in [4.69, 9.17) is 23.2 Å². The highest BCUT2D eigenvalue weighted by atomic mass is 35.5. The third-order valence-electron chi connectivity index (χ3n) is 3.39. The lowest BCUT2D eigenvalue weighted by Crippen LogP contribution is -2.31. The van der Waals surface area contributed by atoms with Gasteiger partial charge in [-0.2, -0.15) is 0 Å². The van der Waals surface area contributed by atoms with Crippen LogP contribution in [0.1, 0.15) is 11.1 Å². The van der Waals surface area contributed by atoms with Crippen LogP contribution < -0.4 is 10.5 Å². The smallest absolute Gasteiger partial charge is 0.248 e. The van der Waals surface area contributed by atoms with E-state index in [0.29, 0.717) is 10.0 Å². The number of nitrogens with one attached hydrogen (secondary N) is 1. The molecule has 0 spiro atoms. The molecule has 0 aliphatic carbocycles. The second-order valence-corrected chi connectivity index (χ2v) is 5.43. The molecule has 1 aromatic heterocycles. The van der Waals surface area contributed by atoms with Crippen molar-refractivity contribution in [3.8, 4) is 0 Å². The number of aromatic nitrogens is 1. The summed E-state index contributed by atoms with van der Waals surface area (Å²) in [6.07, 6.45) is 2.65. The van der Waals surface area contributed by atoms with Gasteiger partial charge in [-0.25, -0.2) is 0 Å². The van der Waals surface area contributed by atoms with Crippen LogP contribution in [-0.4, -0.2) is 11.5 Å². The molecule has 2 heterocycles. The number of H-pyrrole nitrogens is 1. The quantitative estimate of drug-likeness (QED) is 0.876. The summed E-state index contributed by atoms with van der Waals surface area (Å²) in [6, 6.07) is 7.33. The minimum atomic E-state index is -0.0401. The van der Waals surface area contributed by atoms with E-state index in [1.165, 1.54) is 0 Å². The van der Waals surface area contributed by atoms with Crippen molar-refractivity contribution in [2.45, 2.75) is 13.0 Å². The van der Waals surface area contributed by atoms with Gasteiger partial charge in [-0.15, -0.1) is 0 Å². The summed E-state index contributed by atoms with van der Waals surface area (Å²) in [5.41, 5.74) is 3.28. The van der Waals surface area contributed by atoms with E-state index in [2.05, 4.69) is 9.88 Å². The number of hydrogen-bond acceptors (Lipinski definition) is 2. The summed E-state index contributed by atoms with van der Waals surface area (Å²) in [6.45, 7) is 1.64. The van der Waals surface area contributed by atoms with Crippen molar-refractivity contribution in [1.82, 2.24) is 4.98 Å². The highest BCUT2D eigenvalue weighted by molar-refractivity contribution is 6.42. The summed E-state index contributed by atoms with van der Waals surface area (Å²) in [7, 11) is 0. The van der Waals surface area contributed by atoms with E-state index in [9.17, 15) is 4.79 Å². The van der Waals surface area contributed by atoms with Crippen LogP contribution in [0.2, 0.25) is 10.0 Å². The topological polar surface area (TPSA) is 36.1 Å². The number of anilines is 1. The van der Waals surface area contributed by atoms with Crippen LogP contribution in [-0.2, 0) is 13.0 Å². The van der Waals surface area contributed by atoms with Gasteiger partial charge < -0.3 is 9.88 Å². The average Bonchev–Trinajstić information content (AvgIpc) is 2.41. The predicted octanol–water partition coefficient (Wildman–Crippen LogP) is 3.24. The molecule has 0 saturated heterocycles. The van der Waals surface area contributed by atoms with Gasteiger partial charge in [0, 0.05) is 31.0 Å². The maximum absolute atomic E-state index is 11.3. The molecule has 19 heavy (non-hydrogen) atoms. The Bertz CT molecular complexity index is 681. The van der Waals surface area contributed by atoms with Crippen LogP contribution in [0.25, 0.3) is 0 Å². The number of pyridine rings is 1. The molecule has 0 unspecified atom stereocenters. The molecule has 3 rings (SSSR count). The highest BCUT2D eigenvalue weighted by Gasteiger charge is 2.17. The summed E-state index contributed by atoms with van der Waals surface area (Å²) in [5.74, 6) is 0. The summed E-state index contributed by atoms with van der Waals surface area (Å²) >= 11 is 12.0. The Morgan fingerprint density at radius 1 is 1.11 bits per heavy atom. The van der Waals surface area contributed by atoms with E-state index >= 15 is 0 Å².